The molecule has 0 atom stereocenters. The van der Waals surface area contributed by atoms with Gasteiger partial charge < -0.3 is 88.2 Å². The zero-order valence-electron chi connectivity index (χ0n) is 64.7. The summed E-state index contributed by atoms with van der Waals surface area (Å²) in [6, 6.07) is 51.4. The molecule has 12 aromatic rings. The van der Waals surface area contributed by atoms with Gasteiger partial charge in [-0.15, -0.1) is 0 Å². The predicted molar refractivity (Wildman–Crippen MR) is 422 cm³/mol. The molecule has 6 aromatic carbocycles. The maximum atomic E-state index is 12.0. The average molecular weight is 1540 g/mol. The maximum Gasteiger partial charge on any atom is 1.00 e. The van der Waals surface area contributed by atoms with Gasteiger partial charge in [0.15, 0.2) is 0 Å². The normalized spacial score (nSPS) is 12.5. The molecule has 0 saturated carbocycles. The summed E-state index contributed by atoms with van der Waals surface area (Å²) in [7, 11) is 4.31. The Kier molecular flexibility index (Phi) is 32.7. The summed E-state index contributed by atoms with van der Waals surface area (Å²) in [5, 5.41) is 12.6. The smallest absolute Gasteiger partial charge is 0.870 e. The van der Waals surface area contributed by atoms with Crippen LogP contribution in [0.15, 0.2) is 196 Å². The van der Waals surface area contributed by atoms with Crippen molar-refractivity contribution < 1.29 is 104 Å². The second-order valence-electron chi connectivity index (χ2n) is 26.6. The summed E-state index contributed by atoms with van der Waals surface area (Å²) in [6.07, 6.45) is 5.34. The molecular formula is C85H93BClLiN6O18. The molecule has 1 fully saturated rings. The Morgan fingerprint density at radius 1 is 0.464 bits per heavy atom. The number of hydrogen-bond donors (Lipinski definition) is 4. The first-order valence-corrected chi connectivity index (χ1v) is 36.3. The van der Waals surface area contributed by atoms with E-state index < -0.39 is 24.3 Å². The summed E-state index contributed by atoms with van der Waals surface area (Å²) in [6.45, 7) is 15.5. The Morgan fingerprint density at radius 2 is 0.821 bits per heavy atom. The van der Waals surface area contributed by atoms with E-state index in [-0.39, 0.29) is 62.1 Å². The number of benzene rings is 6. The Labute approximate surface area is 668 Å². The van der Waals surface area contributed by atoms with Crippen molar-refractivity contribution in [1.29, 1.82) is 0 Å². The molecule has 8 N–H and O–H groups in total. The average Bonchev–Trinajstić information content (AvgIpc) is 1.57. The van der Waals surface area contributed by atoms with Crippen molar-refractivity contribution in [3.63, 3.8) is 0 Å². The van der Waals surface area contributed by atoms with Crippen LogP contribution in [0.5, 0.6) is 17.2 Å². The Balaban J connectivity index is 0.000000197. The van der Waals surface area contributed by atoms with Crippen LogP contribution in [-0.4, -0.2) is 96.3 Å². The maximum absolute atomic E-state index is 12.0. The van der Waals surface area contributed by atoms with Crippen LogP contribution in [0.4, 0.5) is 0 Å². The van der Waals surface area contributed by atoms with Gasteiger partial charge in [0, 0.05) is 114 Å². The minimum atomic E-state index is -0.901. The van der Waals surface area contributed by atoms with Crippen LogP contribution in [0.3, 0.4) is 0 Å². The Morgan fingerprint density at radius 3 is 1.19 bits per heavy atom. The van der Waals surface area contributed by atoms with Crippen LogP contribution in [0.1, 0.15) is 109 Å². The molecule has 0 amide bonds. The number of rotatable bonds is 29. The number of hydrogen-bond acceptors (Lipinski definition) is 23. The van der Waals surface area contributed by atoms with Crippen molar-refractivity contribution in [2.45, 2.75) is 131 Å². The van der Waals surface area contributed by atoms with Crippen molar-refractivity contribution >= 4 is 75.0 Å². The number of nitrogens with two attached hydrogens (primary N) is 3. The number of aliphatic carboxylic acids is 1. The first kappa shape index (κ1) is 87.4. The number of aromatic nitrogens is 3. The molecule has 0 bridgehead atoms. The topological polar surface area (TPSA) is 350 Å². The SMILES string of the molecule is CCOC(=O)Cc1ccccc1OCc1cc(-c2ccnc(CN)c2)c2oc(COC)cc2c1.CCOC(=O)Cc1ccccc1OCc1cc(B2OC(C)(C)C(C)(C)O2)c2oc(COC)cc2c1.COCc1cc2cc(COc3ccccc3CC(=O)O)cc(-c3ccnc(CN)c3)c2o1.NCc1cc(Cl)ccn1.[Li+].[OH-]. The van der Waals surface area contributed by atoms with Gasteiger partial charge in [0.1, 0.15) is 90.9 Å². The van der Waals surface area contributed by atoms with Gasteiger partial charge in [-0.1, -0.05) is 72.3 Å². The second-order valence-corrected chi connectivity index (χ2v) is 27.1. The van der Waals surface area contributed by atoms with E-state index >= 15 is 0 Å². The number of fused-ring (bicyclic) bond motifs is 3. The van der Waals surface area contributed by atoms with E-state index in [1.807, 2.05) is 161 Å². The molecule has 6 aromatic heterocycles. The minimum Gasteiger partial charge on any atom is -0.870 e. The molecule has 13 rings (SSSR count). The van der Waals surface area contributed by atoms with Crippen molar-refractivity contribution in [3.05, 3.63) is 255 Å². The molecule has 1 aliphatic rings. The molecule has 0 spiro atoms. The third-order valence-electron chi connectivity index (χ3n) is 18.0. The van der Waals surface area contributed by atoms with Crippen molar-refractivity contribution in [3.8, 4) is 39.5 Å². The van der Waals surface area contributed by atoms with Crippen LogP contribution in [0.2, 0.25) is 5.02 Å². The summed E-state index contributed by atoms with van der Waals surface area (Å²) < 4.78 is 75.2. The summed E-state index contributed by atoms with van der Waals surface area (Å²) in [5.74, 6) is 2.57. The first-order valence-electron chi connectivity index (χ1n) is 35.9. The summed E-state index contributed by atoms with van der Waals surface area (Å²) >= 11 is 5.63. The number of ether oxygens (including phenoxy) is 8. The fourth-order valence-corrected chi connectivity index (χ4v) is 12.3. The third kappa shape index (κ3) is 23.5. The first-order chi connectivity index (χ1) is 53.1. The number of carbonyl (C=O) groups is 3. The number of carbonyl (C=O) groups excluding carboxylic acids is 2. The van der Waals surface area contributed by atoms with Crippen molar-refractivity contribution in [2.75, 3.05) is 34.5 Å². The standard InChI is InChI=1S/C27H33BO7.C27H28N2O5.C25H24N2O5.C6H7ClN2.Li.H2O/c1-7-31-24(29)15-19-10-8-9-11-23(19)32-16-18-12-20-14-21(17-30-6)33-25(20)22(13-18)28-34-26(2,3)27(4,5)35-28;1-3-32-26(30)14-20-6-4-5-7-25(20)33-16-18-10-21-13-23(17-31-2)34-27(21)24(11-18)19-8-9-29-22(12-19)15-28;1-30-15-21-11-19-8-16(14-31-23-5-3-2-4-18(23)12-24(28)29)9-22(25(19)32-21)17-6-7-27-20(10-17)13-26;7-5-1-2-9-6(3-5)4-8;;/h8-14H,7,15-17H2,1-6H3;4-13H,3,14-17,28H2,1-2H3;2-11H,12-15,26H2,1H3,(H,28,29);1-3H,4,8H2;;1H2/q;;;;+1;/p-1. The van der Waals surface area contributed by atoms with Gasteiger partial charge in [-0.05, 0) is 172 Å². The number of para-hydroxylation sites is 3. The molecule has 112 heavy (non-hydrogen) atoms. The molecule has 0 unspecified atom stereocenters. The Bertz CT molecular complexity index is 5090. The monoisotopic (exact) mass is 1540 g/mol. The van der Waals surface area contributed by atoms with Gasteiger partial charge >= 0.3 is 43.9 Å². The van der Waals surface area contributed by atoms with Gasteiger partial charge in [-0.25, -0.2) is 0 Å². The van der Waals surface area contributed by atoms with Gasteiger partial charge in [-0.2, -0.15) is 0 Å². The van der Waals surface area contributed by atoms with Gasteiger partial charge in [0.05, 0.1) is 60.8 Å². The fourth-order valence-electron chi connectivity index (χ4n) is 12.1. The number of furan rings is 3. The molecule has 0 radical (unpaired) electrons. The number of esters is 2. The van der Waals surface area contributed by atoms with E-state index in [0.717, 1.165) is 117 Å². The second kappa shape index (κ2) is 41.9. The minimum absolute atomic E-state index is 0. The van der Waals surface area contributed by atoms with Crippen molar-refractivity contribution in [2.24, 2.45) is 17.2 Å². The molecule has 0 aliphatic carbocycles. The largest absolute Gasteiger partial charge is 1.00 e. The number of halogens is 1. The quantitative estimate of drug-likeness (QED) is 0.0250. The van der Waals surface area contributed by atoms with E-state index in [9.17, 15) is 14.4 Å². The fraction of sp³-hybridized carbons (Fsp3) is 0.294. The van der Waals surface area contributed by atoms with Gasteiger partial charge in [0.25, 0.3) is 0 Å². The van der Waals surface area contributed by atoms with E-state index in [2.05, 4.69) is 15.0 Å². The number of nitrogens with zero attached hydrogens (tertiary/aromatic N) is 3. The number of pyridine rings is 3. The van der Waals surface area contributed by atoms with E-state index in [4.69, 9.17) is 94.4 Å². The number of methoxy groups -OCH3 is 3. The van der Waals surface area contributed by atoms with Crippen LogP contribution >= 0.6 is 11.6 Å². The number of carboxylic acids is 1. The molecule has 1 saturated heterocycles. The van der Waals surface area contributed by atoms with E-state index in [1.54, 1.807) is 84.1 Å². The van der Waals surface area contributed by atoms with Crippen LogP contribution in [0.25, 0.3) is 55.2 Å². The zero-order chi connectivity index (χ0) is 78.3. The molecular weight excluding hydrogens is 1450 g/mol. The van der Waals surface area contributed by atoms with Crippen LogP contribution in [0, 0.1) is 0 Å². The summed E-state index contributed by atoms with van der Waals surface area (Å²) in [4.78, 5) is 47.7. The molecule has 27 heteroatoms. The molecule has 24 nitrogen and oxygen atoms in total. The van der Waals surface area contributed by atoms with Gasteiger partial charge in [-0.3, -0.25) is 29.3 Å². The van der Waals surface area contributed by atoms with E-state index in [1.165, 1.54) is 0 Å². The molecule has 7 heterocycles. The third-order valence-corrected chi connectivity index (χ3v) is 18.2. The van der Waals surface area contributed by atoms with Crippen LogP contribution < -0.4 is 55.7 Å². The van der Waals surface area contributed by atoms with Crippen molar-refractivity contribution in [1.82, 2.24) is 15.0 Å². The van der Waals surface area contributed by atoms with E-state index in [0.29, 0.717) is 99.3 Å². The summed E-state index contributed by atoms with van der Waals surface area (Å²) in [5.41, 5.74) is 30.1. The zero-order valence-corrected chi connectivity index (χ0v) is 65.4. The number of carboxylic acid groups (broad SMARTS) is 1. The van der Waals surface area contributed by atoms with Crippen LogP contribution in [-0.2, 0) is 126 Å². The predicted octanol–water partition coefficient (Wildman–Crippen LogP) is 11.7. The Hall–Kier alpha value is -10.2. The van der Waals surface area contributed by atoms with Gasteiger partial charge in [0.2, 0.25) is 0 Å². The molecule has 1 aliphatic heterocycles. The molecule has 582 valence electrons.